The Morgan fingerprint density at radius 3 is 2.24 bits per heavy atom. The zero-order valence-electron chi connectivity index (χ0n) is 18.2. The van der Waals surface area contributed by atoms with Crippen molar-refractivity contribution in [2.24, 2.45) is 0 Å². The summed E-state index contributed by atoms with van der Waals surface area (Å²) < 4.78 is 26.0. The summed E-state index contributed by atoms with van der Waals surface area (Å²) >= 11 is 0. The van der Waals surface area contributed by atoms with Crippen LogP contribution in [0.2, 0.25) is 0 Å². The lowest BCUT2D eigenvalue weighted by atomic mass is 10.00. The van der Waals surface area contributed by atoms with Gasteiger partial charge in [-0.15, -0.1) is 0 Å². The van der Waals surface area contributed by atoms with Crippen LogP contribution < -0.4 is 9.62 Å². The molecule has 2 aromatic rings. The molecule has 0 aliphatic heterocycles. The predicted octanol–water partition coefficient (Wildman–Crippen LogP) is 4.34. The van der Waals surface area contributed by atoms with Crippen LogP contribution in [0.5, 0.6) is 0 Å². The Bertz CT molecular complexity index is 984. The number of hydrogen-bond donors (Lipinski definition) is 1. The minimum Gasteiger partial charge on any atom is -0.350 e. The third kappa shape index (κ3) is 6.32. The number of benzene rings is 2. The van der Waals surface area contributed by atoms with Gasteiger partial charge in [-0.1, -0.05) is 35.9 Å². The largest absolute Gasteiger partial charge is 0.350 e. The van der Waals surface area contributed by atoms with Crippen molar-refractivity contribution in [2.75, 3.05) is 17.1 Å². The molecule has 2 aromatic carbocycles. The molecular formula is C23H32N2O3S. The molecule has 0 radical (unpaired) electrons. The highest BCUT2D eigenvalue weighted by molar-refractivity contribution is 7.92. The lowest BCUT2D eigenvalue weighted by Crippen LogP contribution is -2.33. The van der Waals surface area contributed by atoms with Crippen molar-refractivity contribution in [1.82, 2.24) is 5.32 Å². The summed E-state index contributed by atoms with van der Waals surface area (Å²) in [7, 11) is -3.43. The normalized spacial score (nSPS) is 12.5. The lowest BCUT2D eigenvalue weighted by molar-refractivity contribution is -0.121. The molecule has 0 aliphatic carbocycles. The molecule has 0 aliphatic rings. The second kappa shape index (κ2) is 9.44. The van der Waals surface area contributed by atoms with Crippen molar-refractivity contribution < 1.29 is 13.2 Å². The van der Waals surface area contributed by atoms with E-state index in [4.69, 9.17) is 0 Å². The van der Waals surface area contributed by atoms with Crippen molar-refractivity contribution in [3.8, 4) is 0 Å². The standard InChI is InChI=1S/C23H32N2O3S/c1-16-10-12-21(19(4)14-16)20(5)24-23(26)8-7-13-25(29(6,27)28)22-15-17(2)9-11-18(22)3/h9-12,14-15,20H,7-8,13H2,1-6H3,(H,24,26). The molecule has 0 saturated carbocycles. The number of carbonyl (C=O) groups is 1. The van der Waals surface area contributed by atoms with E-state index < -0.39 is 10.0 Å². The molecule has 0 bridgehead atoms. The maximum Gasteiger partial charge on any atom is 0.232 e. The van der Waals surface area contributed by atoms with Gasteiger partial charge in [0.05, 0.1) is 18.0 Å². The van der Waals surface area contributed by atoms with Crippen LogP contribution in [0.3, 0.4) is 0 Å². The summed E-state index contributed by atoms with van der Waals surface area (Å²) in [6, 6.07) is 11.8. The highest BCUT2D eigenvalue weighted by Gasteiger charge is 2.20. The van der Waals surface area contributed by atoms with Crippen molar-refractivity contribution in [2.45, 2.75) is 53.5 Å². The number of aryl methyl sites for hydroxylation is 4. The fourth-order valence-corrected chi connectivity index (χ4v) is 4.55. The molecule has 1 N–H and O–H groups in total. The van der Waals surface area contributed by atoms with Gasteiger partial charge >= 0.3 is 0 Å². The molecule has 5 nitrogen and oxygen atoms in total. The van der Waals surface area contributed by atoms with Gasteiger partial charge in [-0.3, -0.25) is 9.10 Å². The first-order valence-corrected chi connectivity index (χ1v) is 11.8. The first-order valence-electron chi connectivity index (χ1n) is 9.90. The molecule has 29 heavy (non-hydrogen) atoms. The van der Waals surface area contributed by atoms with Crippen LogP contribution in [0.15, 0.2) is 36.4 Å². The van der Waals surface area contributed by atoms with E-state index in [1.807, 2.05) is 65.0 Å². The molecule has 0 fully saturated rings. The van der Waals surface area contributed by atoms with Crippen molar-refractivity contribution in [1.29, 1.82) is 0 Å². The third-order valence-corrected chi connectivity index (χ3v) is 6.25. The summed E-state index contributed by atoms with van der Waals surface area (Å²) in [5.74, 6) is -0.0770. The molecule has 0 heterocycles. The number of sulfonamides is 1. The molecule has 2 rings (SSSR count). The third-order valence-electron chi connectivity index (χ3n) is 5.07. The first kappa shape index (κ1) is 22.9. The van der Waals surface area contributed by atoms with E-state index >= 15 is 0 Å². The minimum absolute atomic E-state index is 0.0770. The number of anilines is 1. The zero-order valence-corrected chi connectivity index (χ0v) is 19.1. The van der Waals surface area contributed by atoms with Gasteiger partial charge in [0.15, 0.2) is 0 Å². The van der Waals surface area contributed by atoms with Gasteiger partial charge < -0.3 is 5.32 Å². The fourth-order valence-electron chi connectivity index (χ4n) is 3.54. The molecule has 1 atom stereocenters. The molecule has 1 unspecified atom stereocenters. The van der Waals surface area contributed by atoms with E-state index in [0.717, 1.165) is 22.3 Å². The van der Waals surface area contributed by atoms with E-state index in [1.54, 1.807) is 0 Å². The van der Waals surface area contributed by atoms with Crippen molar-refractivity contribution >= 4 is 21.6 Å². The Morgan fingerprint density at radius 2 is 1.62 bits per heavy atom. The van der Waals surface area contributed by atoms with Crippen LogP contribution in [0.4, 0.5) is 5.69 Å². The summed E-state index contributed by atoms with van der Waals surface area (Å²) in [5.41, 5.74) is 6.01. The van der Waals surface area contributed by atoms with E-state index in [9.17, 15) is 13.2 Å². The van der Waals surface area contributed by atoms with E-state index in [0.29, 0.717) is 12.1 Å². The second-order valence-corrected chi connectivity index (χ2v) is 9.78. The number of amides is 1. The minimum atomic E-state index is -3.43. The maximum absolute atomic E-state index is 12.4. The van der Waals surface area contributed by atoms with Gasteiger partial charge in [0.25, 0.3) is 0 Å². The number of nitrogens with zero attached hydrogens (tertiary/aromatic N) is 1. The van der Waals surface area contributed by atoms with E-state index in [-0.39, 0.29) is 24.9 Å². The topological polar surface area (TPSA) is 66.5 Å². The summed E-state index contributed by atoms with van der Waals surface area (Å²) in [6.07, 6.45) is 1.93. The average Bonchev–Trinajstić information content (AvgIpc) is 2.60. The molecular weight excluding hydrogens is 384 g/mol. The summed E-state index contributed by atoms with van der Waals surface area (Å²) in [4.78, 5) is 12.4. The number of rotatable bonds is 8. The van der Waals surface area contributed by atoms with Gasteiger partial charge in [-0.2, -0.15) is 0 Å². The highest BCUT2D eigenvalue weighted by Crippen LogP contribution is 2.24. The van der Waals surface area contributed by atoms with E-state index in [1.165, 1.54) is 16.1 Å². The Balaban J connectivity index is 2.00. The van der Waals surface area contributed by atoms with Gasteiger partial charge in [-0.25, -0.2) is 8.42 Å². The summed E-state index contributed by atoms with van der Waals surface area (Å²) in [5, 5.41) is 3.02. The predicted molar refractivity (Wildman–Crippen MR) is 120 cm³/mol. The Labute approximate surface area is 175 Å². The monoisotopic (exact) mass is 416 g/mol. The van der Waals surface area contributed by atoms with Crippen molar-refractivity contribution in [3.63, 3.8) is 0 Å². The molecule has 1 amide bonds. The van der Waals surface area contributed by atoms with Crippen LogP contribution in [0, 0.1) is 27.7 Å². The Hall–Kier alpha value is -2.34. The fraction of sp³-hybridized carbons (Fsp3) is 0.435. The van der Waals surface area contributed by atoms with Crippen molar-refractivity contribution in [3.05, 3.63) is 64.2 Å². The zero-order chi connectivity index (χ0) is 21.8. The van der Waals surface area contributed by atoms with Gasteiger partial charge in [0.1, 0.15) is 0 Å². The van der Waals surface area contributed by atoms with Crippen LogP contribution in [-0.2, 0) is 14.8 Å². The van der Waals surface area contributed by atoms with Gasteiger partial charge in [0, 0.05) is 13.0 Å². The smallest absolute Gasteiger partial charge is 0.232 e. The molecule has 158 valence electrons. The number of hydrogen-bond acceptors (Lipinski definition) is 3. The lowest BCUT2D eigenvalue weighted by Gasteiger charge is -2.24. The molecule has 0 aromatic heterocycles. The highest BCUT2D eigenvalue weighted by atomic mass is 32.2. The van der Waals surface area contributed by atoms with Crippen LogP contribution >= 0.6 is 0 Å². The second-order valence-electron chi connectivity index (χ2n) is 7.88. The maximum atomic E-state index is 12.4. The summed E-state index contributed by atoms with van der Waals surface area (Å²) in [6.45, 7) is 10.2. The molecule has 0 saturated heterocycles. The number of nitrogens with one attached hydrogen (secondary N) is 1. The van der Waals surface area contributed by atoms with E-state index in [2.05, 4.69) is 11.4 Å². The first-order chi connectivity index (χ1) is 13.5. The van der Waals surface area contributed by atoms with Gasteiger partial charge in [0.2, 0.25) is 15.9 Å². The SMILES string of the molecule is Cc1ccc(C(C)NC(=O)CCCN(c2cc(C)ccc2C)S(C)(=O)=O)c(C)c1. The molecule has 6 heteroatoms. The van der Waals surface area contributed by atoms with Crippen LogP contribution in [0.25, 0.3) is 0 Å². The Morgan fingerprint density at radius 1 is 1.00 bits per heavy atom. The average molecular weight is 417 g/mol. The van der Waals surface area contributed by atoms with Crippen LogP contribution in [-0.4, -0.2) is 27.1 Å². The quantitative estimate of drug-likeness (QED) is 0.696. The van der Waals surface area contributed by atoms with Crippen LogP contribution in [0.1, 0.15) is 53.6 Å². The number of carbonyl (C=O) groups excluding carboxylic acids is 1. The van der Waals surface area contributed by atoms with Gasteiger partial charge in [-0.05, 0) is 69.4 Å². The molecule has 0 spiro atoms. The Kier molecular flexibility index (Phi) is 7.47.